The molecule has 0 saturated heterocycles. The van der Waals surface area contributed by atoms with Crippen LogP contribution in [-0.4, -0.2) is 0 Å². The molecular weight excluding hydrogens is 212 g/mol. The van der Waals surface area contributed by atoms with Crippen molar-refractivity contribution in [1.82, 2.24) is 0 Å². The maximum absolute atomic E-state index is 13.0. The lowest BCUT2D eigenvalue weighted by molar-refractivity contribution is 0.439. The third kappa shape index (κ3) is 1.62. The molecule has 0 fully saturated rings. The van der Waals surface area contributed by atoms with E-state index in [1.807, 2.05) is 0 Å². The van der Waals surface area contributed by atoms with Crippen LogP contribution in [0.1, 0.15) is 11.1 Å². The lowest BCUT2D eigenvalue weighted by atomic mass is 10.1. The number of halogens is 4. The van der Waals surface area contributed by atoms with Crippen LogP contribution < -0.4 is 0 Å². The van der Waals surface area contributed by atoms with Crippen LogP contribution in [0.25, 0.3) is 0 Å². The molecule has 1 aromatic carbocycles. The molecule has 0 spiro atoms. The van der Waals surface area contributed by atoms with Crippen LogP contribution in [0.5, 0.6) is 0 Å². The van der Waals surface area contributed by atoms with Gasteiger partial charge in [-0.25, -0.2) is 17.6 Å². The first-order valence-corrected chi connectivity index (χ1v) is 3.66. The summed E-state index contributed by atoms with van der Waals surface area (Å²) in [5.74, 6) is -6.96. The second kappa shape index (κ2) is 3.97. The SMILES string of the molecule is N#CCc1c(F)c(F)c(C#N)c(F)c1F. The highest BCUT2D eigenvalue weighted by atomic mass is 19.2. The highest BCUT2D eigenvalue weighted by Crippen LogP contribution is 2.23. The second-order valence-corrected chi connectivity index (χ2v) is 2.56. The lowest BCUT2D eigenvalue weighted by Gasteiger charge is -2.04. The Balaban J connectivity index is 3.62. The summed E-state index contributed by atoms with van der Waals surface area (Å²) in [5, 5.41) is 16.4. The summed E-state index contributed by atoms with van der Waals surface area (Å²) in [6, 6.07) is 2.36. The monoisotopic (exact) mass is 214 g/mol. The summed E-state index contributed by atoms with van der Waals surface area (Å²) in [4.78, 5) is 0. The van der Waals surface area contributed by atoms with Crippen molar-refractivity contribution in [3.05, 3.63) is 34.4 Å². The molecule has 1 rings (SSSR count). The molecule has 0 bridgehead atoms. The quantitative estimate of drug-likeness (QED) is 0.531. The first-order valence-electron chi connectivity index (χ1n) is 3.66. The van der Waals surface area contributed by atoms with Crippen molar-refractivity contribution in [2.45, 2.75) is 6.42 Å². The van der Waals surface area contributed by atoms with E-state index >= 15 is 0 Å². The van der Waals surface area contributed by atoms with Gasteiger partial charge in [-0.2, -0.15) is 10.5 Å². The summed E-state index contributed by atoms with van der Waals surface area (Å²) in [5.41, 5.74) is -2.34. The van der Waals surface area contributed by atoms with Gasteiger partial charge in [-0.3, -0.25) is 0 Å². The Morgan fingerprint density at radius 2 is 1.33 bits per heavy atom. The Hall–Kier alpha value is -2.08. The third-order valence-corrected chi connectivity index (χ3v) is 1.72. The molecule has 0 atom stereocenters. The summed E-state index contributed by atoms with van der Waals surface area (Å²) >= 11 is 0. The molecule has 0 aliphatic heterocycles. The van der Waals surface area contributed by atoms with Crippen molar-refractivity contribution in [3.63, 3.8) is 0 Å². The first kappa shape index (κ1) is 11.0. The second-order valence-electron chi connectivity index (χ2n) is 2.56. The Morgan fingerprint density at radius 3 is 1.67 bits per heavy atom. The molecule has 0 unspecified atom stereocenters. The number of hydrogen-bond donors (Lipinski definition) is 0. The van der Waals surface area contributed by atoms with Gasteiger partial charge in [0.1, 0.15) is 11.6 Å². The van der Waals surface area contributed by atoms with Crippen molar-refractivity contribution in [2.75, 3.05) is 0 Å². The fraction of sp³-hybridized carbons (Fsp3) is 0.111. The maximum atomic E-state index is 13.0. The Bertz CT molecular complexity index is 467. The van der Waals surface area contributed by atoms with E-state index in [0.717, 1.165) is 6.07 Å². The van der Waals surface area contributed by atoms with Crippen LogP contribution in [0.4, 0.5) is 17.6 Å². The summed E-state index contributed by atoms with van der Waals surface area (Å²) in [7, 11) is 0. The fourth-order valence-electron chi connectivity index (χ4n) is 1.01. The van der Waals surface area contributed by atoms with Crippen molar-refractivity contribution in [3.8, 4) is 12.1 Å². The van der Waals surface area contributed by atoms with Gasteiger partial charge < -0.3 is 0 Å². The molecule has 0 saturated carbocycles. The fourth-order valence-corrected chi connectivity index (χ4v) is 1.01. The molecule has 0 heterocycles. The highest BCUT2D eigenvalue weighted by molar-refractivity contribution is 5.38. The van der Waals surface area contributed by atoms with Crippen LogP contribution >= 0.6 is 0 Å². The highest BCUT2D eigenvalue weighted by Gasteiger charge is 2.24. The summed E-state index contributed by atoms with van der Waals surface area (Å²) < 4.78 is 51.8. The van der Waals surface area contributed by atoms with Gasteiger partial charge in [-0.05, 0) is 0 Å². The molecule has 0 amide bonds. The lowest BCUT2D eigenvalue weighted by Crippen LogP contribution is -2.06. The van der Waals surface area contributed by atoms with E-state index in [1.165, 1.54) is 6.07 Å². The molecule has 1 aromatic rings. The van der Waals surface area contributed by atoms with Crippen LogP contribution in [0.3, 0.4) is 0 Å². The number of rotatable bonds is 1. The zero-order valence-electron chi connectivity index (χ0n) is 7.11. The van der Waals surface area contributed by atoms with Gasteiger partial charge in [0.15, 0.2) is 23.3 Å². The van der Waals surface area contributed by atoms with Crippen molar-refractivity contribution >= 4 is 0 Å². The van der Waals surface area contributed by atoms with Gasteiger partial charge in [0.2, 0.25) is 0 Å². The maximum Gasteiger partial charge on any atom is 0.180 e. The van der Waals surface area contributed by atoms with Crippen LogP contribution in [0, 0.1) is 45.9 Å². The zero-order valence-corrected chi connectivity index (χ0v) is 7.11. The minimum Gasteiger partial charge on any atom is -0.203 e. The Kier molecular flexibility index (Phi) is 2.91. The van der Waals surface area contributed by atoms with Crippen molar-refractivity contribution in [1.29, 1.82) is 10.5 Å². The topological polar surface area (TPSA) is 47.6 Å². The largest absolute Gasteiger partial charge is 0.203 e. The normalized spacial score (nSPS) is 9.47. The number of nitriles is 2. The predicted octanol–water partition coefficient (Wildman–Crippen LogP) is 2.18. The molecule has 0 aliphatic carbocycles. The molecule has 0 aromatic heterocycles. The predicted molar refractivity (Wildman–Crippen MR) is 40.3 cm³/mol. The smallest absolute Gasteiger partial charge is 0.180 e. The summed E-state index contributed by atoms with van der Waals surface area (Å²) in [6.45, 7) is 0. The van der Waals surface area contributed by atoms with Gasteiger partial charge in [-0.15, -0.1) is 0 Å². The number of hydrogen-bond acceptors (Lipinski definition) is 2. The molecule has 15 heavy (non-hydrogen) atoms. The Morgan fingerprint density at radius 1 is 0.867 bits per heavy atom. The molecule has 0 N–H and O–H groups in total. The van der Waals surface area contributed by atoms with Crippen molar-refractivity contribution in [2.24, 2.45) is 0 Å². The third-order valence-electron chi connectivity index (χ3n) is 1.72. The standard InChI is InChI=1S/C9H2F4N2/c10-6-4(1-2-14)7(11)9(13)5(3-15)8(6)12/h1H2. The average molecular weight is 214 g/mol. The molecule has 0 aliphatic rings. The number of benzene rings is 1. The molecular formula is C9H2F4N2. The van der Waals surface area contributed by atoms with Crippen LogP contribution in [0.15, 0.2) is 0 Å². The molecule has 2 nitrogen and oxygen atoms in total. The van der Waals surface area contributed by atoms with Gasteiger partial charge in [-0.1, -0.05) is 0 Å². The van der Waals surface area contributed by atoms with Gasteiger partial charge in [0.05, 0.1) is 12.5 Å². The molecule has 76 valence electrons. The minimum absolute atomic E-state index is 0.808. The zero-order chi connectivity index (χ0) is 11.6. The molecule has 0 radical (unpaired) electrons. The van der Waals surface area contributed by atoms with Gasteiger partial charge >= 0.3 is 0 Å². The number of nitrogens with zero attached hydrogens (tertiary/aromatic N) is 2. The van der Waals surface area contributed by atoms with E-state index in [2.05, 4.69) is 0 Å². The molecule has 6 heteroatoms. The van der Waals surface area contributed by atoms with E-state index in [9.17, 15) is 17.6 Å². The van der Waals surface area contributed by atoms with E-state index in [4.69, 9.17) is 10.5 Å². The van der Waals surface area contributed by atoms with E-state index in [-0.39, 0.29) is 0 Å². The van der Waals surface area contributed by atoms with E-state index in [0.29, 0.717) is 0 Å². The average Bonchev–Trinajstić information content (AvgIpc) is 2.23. The first-order chi connectivity index (χ1) is 7.04. The van der Waals surface area contributed by atoms with E-state index < -0.39 is 40.8 Å². The van der Waals surface area contributed by atoms with E-state index in [1.54, 1.807) is 0 Å². The Labute approximate surface area is 82.0 Å². The van der Waals surface area contributed by atoms with Gasteiger partial charge in [0, 0.05) is 5.56 Å². The van der Waals surface area contributed by atoms with Crippen molar-refractivity contribution < 1.29 is 17.6 Å². The van der Waals surface area contributed by atoms with Gasteiger partial charge in [0.25, 0.3) is 0 Å². The van der Waals surface area contributed by atoms with Crippen LogP contribution in [0.2, 0.25) is 0 Å². The summed E-state index contributed by atoms with van der Waals surface area (Å²) in [6.07, 6.45) is -0.808. The van der Waals surface area contributed by atoms with Crippen LogP contribution in [-0.2, 0) is 6.42 Å². The minimum atomic E-state index is -1.78.